The van der Waals surface area contributed by atoms with Gasteiger partial charge in [0.05, 0.1) is 0 Å². The molecular formula is C8H9O5S2-. The molecule has 0 radical (unpaired) electrons. The number of rotatable bonds is 3. The summed E-state index contributed by atoms with van der Waals surface area (Å²) in [6.45, 7) is 0.931. The molecule has 1 aromatic carbocycles. The first-order valence-corrected chi connectivity index (χ1v) is 6.43. The zero-order chi connectivity index (χ0) is 11.7. The SMILES string of the molecule is CC(c1ccccc1)(S(=O)[O-])S(=O)(=O)O. The maximum atomic E-state index is 11.1. The molecule has 0 aliphatic carbocycles. The minimum atomic E-state index is -4.73. The van der Waals surface area contributed by atoms with Gasteiger partial charge in [-0.15, -0.1) is 0 Å². The predicted molar refractivity (Wildman–Crippen MR) is 54.3 cm³/mol. The number of hydrogen-bond acceptors (Lipinski definition) is 4. The van der Waals surface area contributed by atoms with Gasteiger partial charge >= 0.3 is 0 Å². The van der Waals surface area contributed by atoms with Crippen LogP contribution in [0.5, 0.6) is 0 Å². The summed E-state index contributed by atoms with van der Waals surface area (Å²) in [5.74, 6) is 0. The van der Waals surface area contributed by atoms with Gasteiger partial charge in [-0.25, -0.2) is 0 Å². The molecule has 0 saturated heterocycles. The Labute approximate surface area is 90.2 Å². The Morgan fingerprint density at radius 3 is 2.13 bits per heavy atom. The number of benzene rings is 1. The van der Waals surface area contributed by atoms with E-state index in [2.05, 4.69) is 0 Å². The highest BCUT2D eigenvalue weighted by atomic mass is 32.3. The summed E-state index contributed by atoms with van der Waals surface area (Å²) in [5, 5.41) is 0. The topological polar surface area (TPSA) is 94.5 Å². The third-order valence-corrected chi connectivity index (χ3v) is 5.24. The first-order chi connectivity index (χ1) is 6.80. The average Bonchev–Trinajstić information content (AvgIpc) is 2.16. The van der Waals surface area contributed by atoms with E-state index in [9.17, 15) is 17.2 Å². The van der Waals surface area contributed by atoms with Gasteiger partial charge < -0.3 is 4.55 Å². The summed E-state index contributed by atoms with van der Waals surface area (Å²) in [7, 11) is -4.73. The van der Waals surface area contributed by atoms with Crippen molar-refractivity contribution >= 4 is 21.2 Å². The lowest BCUT2D eigenvalue weighted by atomic mass is 10.2. The Morgan fingerprint density at radius 1 is 1.33 bits per heavy atom. The summed E-state index contributed by atoms with van der Waals surface area (Å²) in [6, 6.07) is 7.24. The van der Waals surface area contributed by atoms with Crippen LogP contribution in [0.4, 0.5) is 0 Å². The van der Waals surface area contributed by atoms with Crippen molar-refractivity contribution in [1.29, 1.82) is 0 Å². The van der Waals surface area contributed by atoms with E-state index in [1.807, 2.05) is 0 Å². The van der Waals surface area contributed by atoms with Crippen molar-refractivity contribution in [3.63, 3.8) is 0 Å². The van der Waals surface area contributed by atoms with Gasteiger partial charge in [-0.1, -0.05) is 30.3 Å². The molecule has 0 aliphatic heterocycles. The third kappa shape index (κ3) is 2.10. The maximum Gasteiger partial charge on any atom is 0.285 e. The van der Waals surface area contributed by atoms with Gasteiger partial charge in [0, 0.05) is 0 Å². The summed E-state index contributed by atoms with van der Waals surface area (Å²) in [4.78, 5) is 0. The van der Waals surface area contributed by atoms with Crippen LogP contribution < -0.4 is 0 Å². The van der Waals surface area contributed by atoms with Crippen LogP contribution in [-0.2, 0) is 25.3 Å². The van der Waals surface area contributed by atoms with Crippen LogP contribution >= 0.6 is 0 Å². The van der Waals surface area contributed by atoms with Crippen molar-refractivity contribution in [3.05, 3.63) is 35.9 Å². The minimum absolute atomic E-state index is 0.000772. The van der Waals surface area contributed by atoms with Crippen molar-refractivity contribution in [2.24, 2.45) is 0 Å². The first kappa shape index (κ1) is 12.3. The molecule has 15 heavy (non-hydrogen) atoms. The molecule has 0 heterocycles. The quantitative estimate of drug-likeness (QED) is 0.626. The minimum Gasteiger partial charge on any atom is -0.771 e. The average molecular weight is 249 g/mol. The van der Waals surface area contributed by atoms with Gasteiger partial charge in [-0.05, 0) is 23.6 Å². The summed E-state index contributed by atoms with van der Waals surface area (Å²) in [6.07, 6.45) is 0. The molecule has 0 bridgehead atoms. The normalized spacial score (nSPS) is 18.1. The molecule has 1 aromatic rings. The first-order valence-electron chi connectivity index (χ1n) is 3.92. The van der Waals surface area contributed by atoms with Gasteiger partial charge in [0.2, 0.25) is 0 Å². The van der Waals surface area contributed by atoms with Crippen molar-refractivity contribution in [2.75, 3.05) is 0 Å². The Kier molecular flexibility index (Phi) is 3.29. The molecule has 2 atom stereocenters. The monoisotopic (exact) mass is 249 g/mol. The molecule has 0 aromatic heterocycles. The van der Waals surface area contributed by atoms with Crippen molar-refractivity contribution in [2.45, 2.75) is 11.0 Å². The second kappa shape index (κ2) is 4.01. The largest absolute Gasteiger partial charge is 0.771 e. The Morgan fingerprint density at radius 2 is 1.80 bits per heavy atom. The van der Waals surface area contributed by atoms with Crippen LogP contribution in [0.25, 0.3) is 0 Å². The molecule has 7 heteroatoms. The standard InChI is InChI=1S/C8H10O5S2/c1-8(14(9)10,15(11,12)13)7-5-3-2-4-6-7/h2-6H,1H3,(H,9,10)(H,11,12,13)/p-1. The van der Waals surface area contributed by atoms with E-state index in [0.717, 1.165) is 6.92 Å². The van der Waals surface area contributed by atoms with Crippen LogP contribution in [0.15, 0.2) is 30.3 Å². The lowest BCUT2D eigenvalue weighted by Crippen LogP contribution is -2.36. The Hall–Kier alpha value is -0.760. The molecule has 84 valence electrons. The van der Waals surface area contributed by atoms with Crippen molar-refractivity contribution in [1.82, 2.24) is 0 Å². The van der Waals surface area contributed by atoms with E-state index in [0.29, 0.717) is 0 Å². The van der Waals surface area contributed by atoms with Crippen LogP contribution in [0, 0.1) is 0 Å². The molecular weight excluding hydrogens is 240 g/mol. The summed E-state index contributed by atoms with van der Waals surface area (Å²) >= 11 is -2.98. The number of hydrogen-bond donors (Lipinski definition) is 1. The second-order valence-electron chi connectivity index (χ2n) is 3.02. The van der Waals surface area contributed by atoms with Crippen LogP contribution in [-0.4, -0.2) is 21.7 Å². The van der Waals surface area contributed by atoms with Gasteiger partial charge in [-0.2, -0.15) is 8.42 Å². The van der Waals surface area contributed by atoms with E-state index in [1.54, 1.807) is 6.07 Å². The Bertz CT molecular complexity index is 467. The maximum absolute atomic E-state index is 11.1. The van der Waals surface area contributed by atoms with Crippen molar-refractivity contribution in [3.8, 4) is 0 Å². The van der Waals surface area contributed by atoms with E-state index < -0.39 is 25.3 Å². The molecule has 1 rings (SSSR count). The lowest BCUT2D eigenvalue weighted by Gasteiger charge is -2.28. The molecule has 0 spiro atoms. The van der Waals surface area contributed by atoms with Crippen LogP contribution in [0.2, 0.25) is 0 Å². The van der Waals surface area contributed by atoms with Crippen molar-refractivity contribution < 1.29 is 21.7 Å². The van der Waals surface area contributed by atoms with E-state index in [4.69, 9.17) is 4.55 Å². The van der Waals surface area contributed by atoms with Gasteiger partial charge in [0.15, 0.2) is 4.08 Å². The Balaban J connectivity index is 3.46. The predicted octanol–water partition coefficient (Wildman–Crippen LogP) is 0.626. The third-order valence-electron chi connectivity index (χ3n) is 2.11. The fourth-order valence-corrected chi connectivity index (χ4v) is 2.52. The highest BCUT2D eigenvalue weighted by Gasteiger charge is 2.41. The van der Waals surface area contributed by atoms with Gasteiger partial charge in [0.1, 0.15) is 0 Å². The zero-order valence-corrected chi connectivity index (χ0v) is 9.42. The van der Waals surface area contributed by atoms with Gasteiger partial charge in [-0.3, -0.25) is 8.76 Å². The smallest absolute Gasteiger partial charge is 0.285 e. The van der Waals surface area contributed by atoms with E-state index in [-0.39, 0.29) is 5.56 Å². The van der Waals surface area contributed by atoms with Crippen LogP contribution in [0.1, 0.15) is 12.5 Å². The molecule has 0 amide bonds. The molecule has 1 N–H and O–H groups in total. The van der Waals surface area contributed by atoms with E-state index >= 15 is 0 Å². The fraction of sp³-hybridized carbons (Fsp3) is 0.250. The van der Waals surface area contributed by atoms with E-state index in [1.165, 1.54) is 24.3 Å². The molecule has 5 nitrogen and oxygen atoms in total. The molecule has 0 aliphatic rings. The fourth-order valence-electron chi connectivity index (χ4n) is 1.07. The highest BCUT2D eigenvalue weighted by molar-refractivity contribution is 8.01. The van der Waals surface area contributed by atoms with Crippen LogP contribution in [0.3, 0.4) is 0 Å². The second-order valence-corrected chi connectivity index (χ2v) is 6.33. The molecule has 0 fully saturated rings. The molecule has 0 saturated carbocycles. The molecule has 2 unspecified atom stereocenters. The lowest BCUT2D eigenvalue weighted by molar-refractivity contribution is 0.452. The highest BCUT2D eigenvalue weighted by Crippen LogP contribution is 2.31. The summed E-state index contributed by atoms with van der Waals surface area (Å²) in [5.41, 5.74) is 0.000772. The summed E-state index contributed by atoms with van der Waals surface area (Å²) < 4.78 is 50.6. The van der Waals surface area contributed by atoms with Gasteiger partial charge in [0.25, 0.3) is 10.1 Å². The zero-order valence-electron chi connectivity index (χ0n) is 7.78.